The van der Waals surface area contributed by atoms with Gasteiger partial charge < -0.3 is 11.5 Å². The van der Waals surface area contributed by atoms with Crippen LogP contribution in [-0.4, -0.2) is 0 Å². The van der Waals surface area contributed by atoms with Crippen molar-refractivity contribution in [2.75, 3.05) is 0 Å². The molecule has 0 saturated heterocycles. The molecule has 0 aromatic carbocycles. The Bertz CT molecular complexity index is 564. The Kier molecular flexibility index (Phi) is 4.03. The third-order valence-electron chi connectivity index (χ3n) is 4.36. The lowest BCUT2D eigenvalue weighted by Gasteiger charge is -2.18. The second-order valence-corrected chi connectivity index (χ2v) is 5.64. The summed E-state index contributed by atoms with van der Waals surface area (Å²) in [5, 5.41) is 0. The van der Waals surface area contributed by atoms with Crippen LogP contribution in [0.15, 0.2) is 69.1 Å². The lowest BCUT2D eigenvalue weighted by atomic mass is 9.90. The summed E-state index contributed by atoms with van der Waals surface area (Å²) < 4.78 is 0. The minimum atomic E-state index is 0.909. The van der Waals surface area contributed by atoms with E-state index in [0.717, 1.165) is 24.2 Å². The van der Waals surface area contributed by atoms with Crippen LogP contribution in [0, 0.1) is 0 Å². The zero-order chi connectivity index (χ0) is 14.9. The molecule has 0 amide bonds. The van der Waals surface area contributed by atoms with Gasteiger partial charge in [-0.05, 0) is 74.0 Å². The van der Waals surface area contributed by atoms with Crippen molar-refractivity contribution in [1.29, 1.82) is 0 Å². The maximum Gasteiger partial charge on any atom is 0.0373 e. The SMILES string of the molecule is CC1=CCC(=CC=C2CC=C(C)C(N)=C2C)C(C)=C1N. The molecule has 0 aromatic heterocycles. The normalized spacial score (nSPS) is 24.4. The first-order valence-corrected chi connectivity index (χ1v) is 7.09. The molecule has 0 fully saturated rings. The molecule has 20 heavy (non-hydrogen) atoms. The van der Waals surface area contributed by atoms with E-state index in [0.29, 0.717) is 0 Å². The fourth-order valence-corrected chi connectivity index (χ4v) is 2.58. The van der Waals surface area contributed by atoms with E-state index in [4.69, 9.17) is 11.5 Å². The Morgan fingerprint density at radius 2 is 1.10 bits per heavy atom. The topological polar surface area (TPSA) is 52.0 Å². The van der Waals surface area contributed by atoms with E-state index in [1.165, 1.54) is 33.4 Å². The Labute approximate surface area is 121 Å². The van der Waals surface area contributed by atoms with Gasteiger partial charge in [0, 0.05) is 11.4 Å². The van der Waals surface area contributed by atoms with E-state index in [-0.39, 0.29) is 0 Å². The van der Waals surface area contributed by atoms with Crippen LogP contribution in [0.25, 0.3) is 0 Å². The molecule has 0 spiro atoms. The van der Waals surface area contributed by atoms with Crippen molar-refractivity contribution < 1.29 is 0 Å². The Morgan fingerprint density at radius 1 is 0.750 bits per heavy atom. The molecule has 0 bridgehead atoms. The second-order valence-electron chi connectivity index (χ2n) is 5.64. The molecule has 2 aliphatic rings. The van der Waals surface area contributed by atoms with Crippen molar-refractivity contribution in [1.82, 2.24) is 0 Å². The maximum absolute atomic E-state index is 6.10. The molecular weight excluding hydrogens is 244 g/mol. The first kappa shape index (κ1) is 14.4. The summed E-state index contributed by atoms with van der Waals surface area (Å²) in [6, 6.07) is 0. The van der Waals surface area contributed by atoms with Gasteiger partial charge in [-0.3, -0.25) is 0 Å². The Hall–Kier alpha value is -1.96. The van der Waals surface area contributed by atoms with E-state index >= 15 is 0 Å². The van der Waals surface area contributed by atoms with Crippen LogP contribution in [0.2, 0.25) is 0 Å². The van der Waals surface area contributed by atoms with Crippen LogP contribution in [0.4, 0.5) is 0 Å². The van der Waals surface area contributed by atoms with E-state index in [2.05, 4.69) is 52.0 Å². The predicted molar refractivity (Wildman–Crippen MR) is 86.7 cm³/mol. The molecule has 0 saturated carbocycles. The number of rotatable bonds is 1. The first-order valence-electron chi connectivity index (χ1n) is 7.09. The molecular formula is C18H24N2. The van der Waals surface area contributed by atoms with Crippen molar-refractivity contribution in [3.63, 3.8) is 0 Å². The van der Waals surface area contributed by atoms with Crippen LogP contribution < -0.4 is 11.5 Å². The third kappa shape index (κ3) is 2.64. The van der Waals surface area contributed by atoms with E-state index < -0.39 is 0 Å². The molecule has 0 aromatic rings. The molecule has 2 nitrogen and oxygen atoms in total. The molecule has 106 valence electrons. The van der Waals surface area contributed by atoms with Crippen molar-refractivity contribution in [2.45, 2.75) is 40.5 Å². The highest BCUT2D eigenvalue weighted by Gasteiger charge is 2.12. The number of hydrogen-bond donors (Lipinski definition) is 2. The van der Waals surface area contributed by atoms with Gasteiger partial charge in [0.15, 0.2) is 0 Å². The fourth-order valence-electron chi connectivity index (χ4n) is 2.58. The summed E-state index contributed by atoms with van der Waals surface area (Å²) in [7, 11) is 0. The standard InChI is InChI=1S/C18H24N2/c1-11-5-7-15(13(3)17(11)19)9-10-16-8-6-12(2)18(20)14(16)4/h5-6,9-10H,7-8,19-20H2,1-4H3. The first-order chi connectivity index (χ1) is 9.41. The van der Waals surface area contributed by atoms with E-state index in [9.17, 15) is 0 Å². The van der Waals surface area contributed by atoms with Gasteiger partial charge in [0.05, 0.1) is 0 Å². The van der Waals surface area contributed by atoms with Gasteiger partial charge in [0.25, 0.3) is 0 Å². The van der Waals surface area contributed by atoms with E-state index in [1.54, 1.807) is 0 Å². The lowest BCUT2D eigenvalue weighted by Crippen LogP contribution is -2.09. The summed E-state index contributed by atoms with van der Waals surface area (Å²) in [5.41, 5.74) is 21.4. The van der Waals surface area contributed by atoms with Gasteiger partial charge in [-0.2, -0.15) is 0 Å². The zero-order valence-electron chi connectivity index (χ0n) is 12.9. The zero-order valence-corrected chi connectivity index (χ0v) is 12.9. The van der Waals surface area contributed by atoms with Gasteiger partial charge in [-0.15, -0.1) is 0 Å². The number of nitrogens with two attached hydrogens (primary N) is 2. The van der Waals surface area contributed by atoms with Crippen molar-refractivity contribution in [3.8, 4) is 0 Å². The maximum atomic E-state index is 6.10. The summed E-state index contributed by atoms with van der Waals surface area (Å²) in [5.74, 6) is 0. The Morgan fingerprint density at radius 3 is 1.45 bits per heavy atom. The lowest BCUT2D eigenvalue weighted by molar-refractivity contribution is 1.06. The molecule has 0 aliphatic heterocycles. The van der Waals surface area contributed by atoms with Crippen LogP contribution in [-0.2, 0) is 0 Å². The predicted octanol–water partition coefficient (Wildman–Crippen LogP) is 4.00. The number of allylic oxidation sites excluding steroid dienone is 10. The van der Waals surface area contributed by atoms with Gasteiger partial charge >= 0.3 is 0 Å². The van der Waals surface area contributed by atoms with Crippen molar-refractivity contribution in [2.24, 2.45) is 11.5 Å². The molecule has 0 radical (unpaired) electrons. The minimum Gasteiger partial charge on any atom is -0.398 e. The highest BCUT2D eigenvalue weighted by atomic mass is 14.6. The van der Waals surface area contributed by atoms with Crippen LogP contribution >= 0.6 is 0 Å². The third-order valence-corrected chi connectivity index (χ3v) is 4.36. The largest absolute Gasteiger partial charge is 0.398 e. The Balaban J connectivity index is 2.30. The van der Waals surface area contributed by atoms with Gasteiger partial charge in [-0.25, -0.2) is 0 Å². The average Bonchev–Trinajstić information content (AvgIpc) is 2.43. The smallest absolute Gasteiger partial charge is 0.0373 e. The van der Waals surface area contributed by atoms with Gasteiger partial charge in [0.1, 0.15) is 0 Å². The van der Waals surface area contributed by atoms with Crippen LogP contribution in [0.5, 0.6) is 0 Å². The molecule has 2 rings (SSSR count). The summed E-state index contributed by atoms with van der Waals surface area (Å²) in [6.07, 6.45) is 10.7. The number of hydrogen-bond acceptors (Lipinski definition) is 2. The summed E-state index contributed by atoms with van der Waals surface area (Å²) in [6.45, 7) is 8.32. The molecule has 2 heteroatoms. The quantitative estimate of drug-likeness (QED) is 0.755. The molecule has 0 atom stereocenters. The minimum absolute atomic E-state index is 0.909. The average molecular weight is 268 g/mol. The highest BCUT2D eigenvalue weighted by molar-refractivity contribution is 5.51. The summed E-state index contributed by atoms with van der Waals surface area (Å²) >= 11 is 0. The van der Waals surface area contributed by atoms with E-state index in [1.807, 2.05) is 0 Å². The fraction of sp³-hybridized carbons (Fsp3) is 0.333. The molecule has 0 unspecified atom stereocenters. The monoisotopic (exact) mass is 268 g/mol. The van der Waals surface area contributed by atoms with Gasteiger partial charge in [0.2, 0.25) is 0 Å². The molecule has 2 aliphatic carbocycles. The highest BCUT2D eigenvalue weighted by Crippen LogP contribution is 2.29. The van der Waals surface area contributed by atoms with Crippen molar-refractivity contribution in [3.05, 3.63) is 69.1 Å². The molecule has 4 N–H and O–H groups in total. The second kappa shape index (κ2) is 5.58. The van der Waals surface area contributed by atoms with Crippen molar-refractivity contribution >= 4 is 0 Å². The van der Waals surface area contributed by atoms with Crippen LogP contribution in [0.1, 0.15) is 40.5 Å². The summed E-state index contributed by atoms with van der Waals surface area (Å²) in [4.78, 5) is 0. The van der Waals surface area contributed by atoms with Gasteiger partial charge in [-0.1, -0.05) is 24.3 Å². The molecule has 0 heterocycles. The van der Waals surface area contributed by atoms with Crippen LogP contribution in [0.3, 0.4) is 0 Å².